The summed E-state index contributed by atoms with van der Waals surface area (Å²) >= 11 is 0. The van der Waals surface area contributed by atoms with E-state index in [0.29, 0.717) is 19.4 Å². The highest BCUT2D eigenvalue weighted by Gasteiger charge is 2.15. The third-order valence-electron chi connectivity index (χ3n) is 3.84. The number of anilines is 1. The Hall–Kier alpha value is -2.11. The van der Waals surface area contributed by atoms with Gasteiger partial charge >= 0.3 is 5.97 Å². The number of carboxylic acids is 1. The monoisotopic (exact) mass is 335 g/mol. The van der Waals surface area contributed by atoms with Gasteiger partial charge in [-0.05, 0) is 44.2 Å². The average Bonchev–Trinajstić information content (AvgIpc) is 2.61. The summed E-state index contributed by atoms with van der Waals surface area (Å²) in [5, 5.41) is 12.1. The van der Waals surface area contributed by atoms with Crippen molar-refractivity contribution in [3.05, 3.63) is 23.4 Å². The summed E-state index contributed by atoms with van der Waals surface area (Å²) in [6.45, 7) is 6.95. The zero-order chi connectivity index (χ0) is 17.9. The van der Waals surface area contributed by atoms with Gasteiger partial charge in [-0.3, -0.25) is 9.59 Å². The van der Waals surface area contributed by atoms with Crippen molar-refractivity contribution in [1.82, 2.24) is 9.88 Å². The van der Waals surface area contributed by atoms with E-state index in [2.05, 4.69) is 16.4 Å². The van der Waals surface area contributed by atoms with Crippen LogP contribution in [0, 0.1) is 0 Å². The van der Waals surface area contributed by atoms with E-state index in [1.807, 2.05) is 19.9 Å². The van der Waals surface area contributed by atoms with Crippen molar-refractivity contribution >= 4 is 17.7 Å². The molecule has 2 rings (SSSR count). The van der Waals surface area contributed by atoms with Crippen molar-refractivity contribution in [2.75, 3.05) is 25.0 Å². The Balaban J connectivity index is 0.00000139. The molecule has 0 radical (unpaired) electrons. The maximum Gasteiger partial charge on any atom is 0.323 e. The number of nitrogens with one attached hydrogen (secondary N) is 1. The Kier molecular flexibility index (Phi) is 8.83. The molecule has 2 N–H and O–H groups in total. The summed E-state index contributed by atoms with van der Waals surface area (Å²) in [6, 6.07) is 4.12. The van der Waals surface area contributed by atoms with Gasteiger partial charge in [-0.2, -0.15) is 0 Å². The standard InChI is InChI=1S/C16H23N3O3.C2H6/c1-2-19(11-15(21)22)14(20)7-3-6-13-9-8-12-5-4-10-17-16(12)18-13;1-2/h8-9H,2-7,10-11H2,1H3,(H,17,18)(H,21,22);1-2H3. The highest BCUT2D eigenvalue weighted by atomic mass is 16.4. The van der Waals surface area contributed by atoms with E-state index >= 15 is 0 Å². The predicted octanol–water partition coefficient (Wildman–Crippen LogP) is 2.72. The topological polar surface area (TPSA) is 82.5 Å². The molecule has 0 bridgehead atoms. The second-order valence-electron chi connectivity index (χ2n) is 5.50. The lowest BCUT2D eigenvalue weighted by Gasteiger charge is -2.19. The number of carboxylic acid groups (broad SMARTS) is 1. The lowest BCUT2D eigenvalue weighted by molar-refractivity contribution is -0.144. The summed E-state index contributed by atoms with van der Waals surface area (Å²) in [6.07, 6.45) is 3.97. The molecule has 1 aromatic heterocycles. The third-order valence-corrected chi connectivity index (χ3v) is 3.84. The first-order chi connectivity index (χ1) is 11.6. The molecular weight excluding hydrogens is 306 g/mol. The normalized spacial score (nSPS) is 12.3. The maximum absolute atomic E-state index is 12.0. The number of fused-ring (bicyclic) bond motifs is 1. The second kappa shape index (κ2) is 10.6. The molecule has 134 valence electrons. The highest BCUT2D eigenvalue weighted by Crippen LogP contribution is 2.20. The average molecular weight is 335 g/mol. The lowest BCUT2D eigenvalue weighted by atomic mass is 10.1. The van der Waals surface area contributed by atoms with E-state index in [-0.39, 0.29) is 12.5 Å². The first-order valence-electron chi connectivity index (χ1n) is 8.82. The van der Waals surface area contributed by atoms with Gasteiger partial charge in [-0.25, -0.2) is 4.98 Å². The fourth-order valence-electron chi connectivity index (χ4n) is 2.63. The third kappa shape index (κ3) is 6.18. The minimum absolute atomic E-state index is 0.110. The van der Waals surface area contributed by atoms with Crippen molar-refractivity contribution in [3.63, 3.8) is 0 Å². The quantitative estimate of drug-likeness (QED) is 0.800. The maximum atomic E-state index is 12.0. The molecule has 0 saturated heterocycles. The van der Waals surface area contributed by atoms with Crippen LogP contribution in [0.15, 0.2) is 12.1 Å². The number of aromatic nitrogens is 1. The Morgan fingerprint density at radius 3 is 2.75 bits per heavy atom. The van der Waals surface area contributed by atoms with Crippen molar-refractivity contribution in [2.24, 2.45) is 0 Å². The van der Waals surface area contributed by atoms with Crippen molar-refractivity contribution < 1.29 is 14.7 Å². The van der Waals surface area contributed by atoms with Gasteiger partial charge in [0, 0.05) is 25.2 Å². The molecule has 6 nitrogen and oxygen atoms in total. The smallest absolute Gasteiger partial charge is 0.323 e. The molecule has 1 aromatic rings. The molecule has 0 aromatic carbocycles. The zero-order valence-electron chi connectivity index (χ0n) is 15.0. The van der Waals surface area contributed by atoms with E-state index in [1.165, 1.54) is 10.5 Å². The van der Waals surface area contributed by atoms with Crippen LogP contribution in [0.4, 0.5) is 5.82 Å². The fourth-order valence-corrected chi connectivity index (χ4v) is 2.63. The minimum atomic E-state index is -0.974. The fraction of sp³-hybridized carbons (Fsp3) is 0.611. The molecule has 0 saturated carbocycles. The van der Waals surface area contributed by atoms with E-state index in [4.69, 9.17) is 5.11 Å². The predicted molar refractivity (Wildman–Crippen MR) is 95.2 cm³/mol. The summed E-state index contributed by atoms with van der Waals surface area (Å²) < 4.78 is 0. The number of hydrogen-bond donors (Lipinski definition) is 2. The van der Waals surface area contributed by atoms with Crippen LogP contribution in [-0.2, 0) is 22.4 Å². The van der Waals surface area contributed by atoms with Crippen LogP contribution in [0.3, 0.4) is 0 Å². The van der Waals surface area contributed by atoms with E-state index in [0.717, 1.165) is 37.3 Å². The van der Waals surface area contributed by atoms with Gasteiger partial charge in [-0.15, -0.1) is 0 Å². The molecule has 1 amide bonds. The molecule has 0 aliphatic carbocycles. The van der Waals surface area contributed by atoms with Crippen molar-refractivity contribution in [3.8, 4) is 0 Å². The Morgan fingerprint density at radius 1 is 1.33 bits per heavy atom. The number of aryl methyl sites for hydroxylation is 2. The SMILES string of the molecule is CC.CCN(CC(=O)O)C(=O)CCCc1ccc2c(n1)NCCC2. The summed E-state index contributed by atoms with van der Waals surface area (Å²) in [5.74, 6) is -0.116. The van der Waals surface area contributed by atoms with Crippen LogP contribution in [0.1, 0.15) is 51.3 Å². The first kappa shape index (κ1) is 19.9. The number of carbonyl (C=O) groups excluding carboxylic acids is 1. The van der Waals surface area contributed by atoms with Gasteiger partial charge < -0.3 is 15.3 Å². The number of nitrogens with zero attached hydrogens (tertiary/aromatic N) is 2. The molecule has 0 atom stereocenters. The Bertz CT molecular complexity index is 546. The van der Waals surface area contributed by atoms with Gasteiger partial charge in [0.2, 0.25) is 5.91 Å². The number of carbonyl (C=O) groups is 2. The number of rotatable bonds is 7. The Labute approximate surface area is 144 Å². The molecule has 6 heteroatoms. The molecule has 1 aliphatic heterocycles. The minimum Gasteiger partial charge on any atom is -0.480 e. The zero-order valence-corrected chi connectivity index (χ0v) is 15.0. The molecule has 1 aliphatic rings. The summed E-state index contributed by atoms with van der Waals surface area (Å²) in [4.78, 5) is 28.6. The van der Waals surface area contributed by atoms with Crippen LogP contribution in [0.2, 0.25) is 0 Å². The van der Waals surface area contributed by atoms with Crippen LogP contribution in [-0.4, -0.2) is 46.5 Å². The van der Waals surface area contributed by atoms with Crippen molar-refractivity contribution in [1.29, 1.82) is 0 Å². The molecule has 2 heterocycles. The molecule has 24 heavy (non-hydrogen) atoms. The van der Waals surface area contributed by atoms with Crippen LogP contribution >= 0.6 is 0 Å². The van der Waals surface area contributed by atoms with Crippen LogP contribution in [0.25, 0.3) is 0 Å². The van der Waals surface area contributed by atoms with E-state index < -0.39 is 5.97 Å². The second-order valence-corrected chi connectivity index (χ2v) is 5.50. The molecule has 0 unspecified atom stereocenters. The van der Waals surface area contributed by atoms with Gasteiger partial charge in [0.25, 0.3) is 0 Å². The van der Waals surface area contributed by atoms with Crippen molar-refractivity contribution in [2.45, 2.75) is 52.9 Å². The van der Waals surface area contributed by atoms with Gasteiger partial charge in [0.1, 0.15) is 12.4 Å². The molecular formula is C18H29N3O3. The molecule has 0 fully saturated rings. The summed E-state index contributed by atoms with van der Waals surface area (Å²) in [7, 11) is 0. The van der Waals surface area contributed by atoms with Gasteiger partial charge in [-0.1, -0.05) is 19.9 Å². The molecule has 0 spiro atoms. The van der Waals surface area contributed by atoms with E-state index in [1.54, 1.807) is 6.92 Å². The number of aliphatic carboxylic acids is 1. The number of hydrogen-bond acceptors (Lipinski definition) is 4. The number of amides is 1. The van der Waals surface area contributed by atoms with Gasteiger partial charge in [0.15, 0.2) is 0 Å². The summed E-state index contributed by atoms with van der Waals surface area (Å²) in [5.41, 5.74) is 2.23. The van der Waals surface area contributed by atoms with E-state index in [9.17, 15) is 9.59 Å². The Morgan fingerprint density at radius 2 is 2.08 bits per heavy atom. The number of likely N-dealkylation sites (N-methyl/N-ethyl adjacent to an activating group) is 1. The first-order valence-corrected chi connectivity index (χ1v) is 8.82. The van der Waals surface area contributed by atoms with Crippen LogP contribution < -0.4 is 5.32 Å². The number of pyridine rings is 1. The highest BCUT2D eigenvalue weighted by molar-refractivity contribution is 5.81. The van der Waals surface area contributed by atoms with Gasteiger partial charge in [0.05, 0.1) is 0 Å². The largest absolute Gasteiger partial charge is 0.480 e. The van der Waals surface area contributed by atoms with Crippen LogP contribution in [0.5, 0.6) is 0 Å². The lowest BCUT2D eigenvalue weighted by Crippen LogP contribution is -2.35.